The maximum absolute atomic E-state index is 14.3. The molecule has 3 fully saturated rings. The van der Waals surface area contributed by atoms with Gasteiger partial charge in [0, 0.05) is 43.6 Å². The van der Waals surface area contributed by atoms with Gasteiger partial charge >= 0.3 is 6.18 Å². The Morgan fingerprint density at radius 1 is 1.07 bits per heavy atom. The van der Waals surface area contributed by atoms with E-state index >= 15 is 0 Å². The Bertz CT molecular complexity index is 1400. The first kappa shape index (κ1) is 28.5. The first-order valence-corrected chi connectivity index (χ1v) is 14.6. The summed E-state index contributed by atoms with van der Waals surface area (Å²) in [6.07, 6.45) is 0.213. The fourth-order valence-electron chi connectivity index (χ4n) is 6.49. The molecule has 3 aromatic rings. The Labute approximate surface area is 242 Å². The molecule has 0 unspecified atom stereocenters. The standard InChI is InChI=1S/C30H36F3N7O2/c1-2-26(41)40-12-9-23(18-40)38-10-7-21(8-11-38)27(30(31,32)33)36-22-5-3-20(4-6-22)25-17-24-28(37-25)34-19-35-29(24)39-13-15-42-16-14-39/h2-6,17,19,21,23,27,36H,1,7-16,18H2,(H,34,35,37)/t23-,27-/m0/s1. The number of H-pyrrole nitrogens is 1. The van der Waals surface area contributed by atoms with Crippen LogP contribution in [0.15, 0.2) is 49.3 Å². The highest BCUT2D eigenvalue weighted by atomic mass is 19.4. The number of ether oxygens (including phenoxy) is 1. The molecule has 224 valence electrons. The average molecular weight is 584 g/mol. The largest absolute Gasteiger partial charge is 0.408 e. The Morgan fingerprint density at radius 2 is 1.81 bits per heavy atom. The van der Waals surface area contributed by atoms with Gasteiger partial charge in [0.05, 0.1) is 18.6 Å². The van der Waals surface area contributed by atoms with Crippen molar-refractivity contribution in [2.75, 3.05) is 62.7 Å². The summed E-state index contributed by atoms with van der Waals surface area (Å²) in [6.45, 7) is 8.80. The van der Waals surface area contributed by atoms with Crippen LogP contribution in [0.2, 0.25) is 0 Å². The van der Waals surface area contributed by atoms with Crippen LogP contribution < -0.4 is 10.2 Å². The van der Waals surface area contributed by atoms with Gasteiger partial charge in [0.15, 0.2) is 0 Å². The van der Waals surface area contributed by atoms with Gasteiger partial charge in [0.25, 0.3) is 0 Å². The van der Waals surface area contributed by atoms with Crippen LogP contribution in [0.3, 0.4) is 0 Å². The van der Waals surface area contributed by atoms with Crippen LogP contribution in [0.5, 0.6) is 0 Å². The lowest BCUT2D eigenvalue weighted by molar-refractivity contribution is -0.157. The zero-order valence-corrected chi connectivity index (χ0v) is 23.4. The molecule has 0 saturated carbocycles. The SMILES string of the molecule is C=CC(=O)N1CC[C@H](N2CCC([C@H](Nc3ccc(-c4cc5c(N6CCOCC6)ncnc5[nH]4)cc3)C(F)(F)F)CC2)C1. The van der Waals surface area contributed by atoms with Crippen molar-refractivity contribution in [1.29, 1.82) is 0 Å². The summed E-state index contributed by atoms with van der Waals surface area (Å²) in [5.41, 5.74) is 2.82. The zero-order chi connectivity index (χ0) is 29.3. The third-order valence-electron chi connectivity index (χ3n) is 8.80. The quantitative estimate of drug-likeness (QED) is 0.401. The molecule has 3 aliphatic heterocycles. The smallest absolute Gasteiger partial charge is 0.378 e. The molecule has 3 aliphatic rings. The molecule has 0 radical (unpaired) electrons. The van der Waals surface area contributed by atoms with Gasteiger partial charge in [-0.1, -0.05) is 18.7 Å². The second kappa shape index (κ2) is 11.9. The van der Waals surface area contributed by atoms with Gasteiger partial charge in [0.1, 0.15) is 23.8 Å². The van der Waals surface area contributed by atoms with Gasteiger partial charge in [0.2, 0.25) is 5.91 Å². The molecule has 6 rings (SSSR count). The summed E-state index contributed by atoms with van der Waals surface area (Å²) in [6, 6.07) is 7.60. The number of amides is 1. The van der Waals surface area contributed by atoms with Crippen molar-refractivity contribution in [2.45, 2.75) is 37.5 Å². The van der Waals surface area contributed by atoms with Crippen molar-refractivity contribution in [1.82, 2.24) is 24.8 Å². The number of hydrogen-bond acceptors (Lipinski definition) is 7. The van der Waals surface area contributed by atoms with E-state index in [-0.39, 0.29) is 11.9 Å². The molecule has 2 atom stereocenters. The lowest BCUT2D eigenvalue weighted by atomic mass is 9.88. The normalized spacial score (nSPS) is 21.5. The number of nitrogens with one attached hydrogen (secondary N) is 2. The highest BCUT2D eigenvalue weighted by Crippen LogP contribution is 2.36. The Kier molecular flexibility index (Phi) is 8.09. The number of alkyl halides is 3. The maximum atomic E-state index is 14.3. The third-order valence-corrected chi connectivity index (χ3v) is 8.80. The van der Waals surface area contributed by atoms with E-state index in [9.17, 15) is 18.0 Å². The summed E-state index contributed by atoms with van der Waals surface area (Å²) < 4.78 is 48.2. The summed E-state index contributed by atoms with van der Waals surface area (Å²) in [4.78, 5) is 30.3. The minimum absolute atomic E-state index is 0.0873. The average Bonchev–Trinajstić information content (AvgIpc) is 3.68. The van der Waals surface area contributed by atoms with E-state index in [1.807, 2.05) is 18.2 Å². The fraction of sp³-hybridized carbons (Fsp3) is 0.500. The number of morpholine rings is 1. The van der Waals surface area contributed by atoms with Crippen LogP contribution in [0.4, 0.5) is 24.7 Å². The number of aromatic nitrogens is 3. The Hall–Kier alpha value is -3.64. The predicted octanol–water partition coefficient (Wildman–Crippen LogP) is 4.30. The number of likely N-dealkylation sites (tertiary alicyclic amines) is 2. The van der Waals surface area contributed by atoms with E-state index in [0.29, 0.717) is 63.6 Å². The van der Waals surface area contributed by atoms with Crippen LogP contribution in [-0.2, 0) is 9.53 Å². The molecule has 5 heterocycles. The van der Waals surface area contributed by atoms with E-state index < -0.39 is 18.1 Å². The molecule has 1 aromatic carbocycles. The van der Waals surface area contributed by atoms with Crippen LogP contribution in [0.25, 0.3) is 22.3 Å². The molecule has 3 saturated heterocycles. The van der Waals surface area contributed by atoms with Crippen molar-refractivity contribution >= 4 is 28.4 Å². The number of nitrogens with zero attached hydrogens (tertiary/aromatic N) is 5. The molecule has 42 heavy (non-hydrogen) atoms. The van der Waals surface area contributed by atoms with E-state index in [0.717, 1.165) is 42.0 Å². The zero-order valence-electron chi connectivity index (χ0n) is 23.4. The number of carbonyl (C=O) groups is 1. The third kappa shape index (κ3) is 5.96. The van der Waals surface area contributed by atoms with Crippen LogP contribution in [0.1, 0.15) is 19.3 Å². The first-order valence-electron chi connectivity index (χ1n) is 14.6. The molecule has 0 bridgehead atoms. The molecular formula is C30H36F3N7O2. The van der Waals surface area contributed by atoms with Gasteiger partial charge in [-0.05, 0) is 68.1 Å². The number of carbonyl (C=O) groups excluding carboxylic acids is 1. The lowest BCUT2D eigenvalue weighted by Crippen LogP contribution is -2.50. The fourth-order valence-corrected chi connectivity index (χ4v) is 6.49. The number of fused-ring (bicyclic) bond motifs is 1. The summed E-state index contributed by atoms with van der Waals surface area (Å²) in [7, 11) is 0. The van der Waals surface area contributed by atoms with Crippen LogP contribution in [-0.4, -0.2) is 101 Å². The monoisotopic (exact) mass is 583 g/mol. The molecule has 2 aromatic heterocycles. The van der Waals surface area contributed by atoms with Crippen LogP contribution in [0, 0.1) is 5.92 Å². The van der Waals surface area contributed by atoms with E-state index in [1.54, 1.807) is 17.0 Å². The molecule has 0 aliphatic carbocycles. The minimum atomic E-state index is -4.38. The highest BCUT2D eigenvalue weighted by Gasteiger charge is 2.46. The van der Waals surface area contributed by atoms with Crippen molar-refractivity contribution in [3.05, 3.63) is 49.3 Å². The minimum Gasteiger partial charge on any atom is -0.378 e. The summed E-state index contributed by atoms with van der Waals surface area (Å²) in [5.74, 6) is 0.230. The van der Waals surface area contributed by atoms with Crippen molar-refractivity contribution < 1.29 is 22.7 Å². The lowest BCUT2D eigenvalue weighted by Gasteiger charge is -2.39. The predicted molar refractivity (Wildman–Crippen MR) is 155 cm³/mol. The van der Waals surface area contributed by atoms with Gasteiger partial charge in [-0.25, -0.2) is 9.97 Å². The molecule has 0 spiro atoms. The van der Waals surface area contributed by atoms with E-state index in [1.165, 1.54) is 12.4 Å². The van der Waals surface area contributed by atoms with E-state index in [2.05, 4.69) is 36.6 Å². The van der Waals surface area contributed by atoms with Gasteiger partial charge < -0.3 is 24.8 Å². The second-order valence-electron chi connectivity index (χ2n) is 11.3. The molecule has 12 heteroatoms. The number of piperidine rings is 1. The van der Waals surface area contributed by atoms with Crippen molar-refractivity contribution in [3.63, 3.8) is 0 Å². The molecule has 2 N–H and O–H groups in total. The number of rotatable bonds is 7. The van der Waals surface area contributed by atoms with Gasteiger partial charge in [-0.3, -0.25) is 9.69 Å². The number of benzene rings is 1. The summed E-state index contributed by atoms with van der Waals surface area (Å²) in [5, 5.41) is 3.70. The summed E-state index contributed by atoms with van der Waals surface area (Å²) >= 11 is 0. The molecule has 1 amide bonds. The second-order valence-corrected chi connectivity index (χ2v) is 11.3. The van der Waals surface area contributed by atoms with E-state index in [4.69, 9.17) is 4.74 Å². The van der Waals surface area contributed by atoms with Crippen molar-refractivity contribution in [2.24, 2.45) is 5.92 Å². The topological polar surface area (TPSA) is 89.6 Å². The first-order chi connectivity index (χ1) is 20.3. The molecular weight excluding hydrogens is 547 g/mol. The van der Waals surface area contributed by atoms with Gasteiger partial charge in [-0.2, -0.15) is 13.2 Å². The molecule has 9 nitrogen and oxygen atoms in total. The number of anilines is 2. The highest BCUT2D eigenvalue weighted by molar-refractivity contribution is 5.92. The Morgan fingerprint density at radius 3 is 2.50 bits per heavy atom. The van der Waals surface area contributed by atoms with Crippen LogP contribution >= 0.6 is 0 Å². The Balaban J connectivity index is 1.11. The van der Waals surface area contributed by atoms with Crippen molar-refractivity contribution in [3.8, 4) is 11.3 Å². The number of aromatic amines is 1. The van der Waals surface area contributed by atoms with Gasteiger partial charge in [-0.15, -0.1) is 0 Å². The maximum Gasteiger partial charge on any atom is 0.408 e. The number of hydrogen-bond donors (Lipinski definition) is 2. The number of halogens is 3.